The molecule has 0 bridgehead atoms. The molecule has 798 valence electrons. The van der Waals surface area contributed by atoms with Gasteiger partial charge in [-0.3, -0.25) is 15.0 Å². The van der Waals surface area contributed by atoms with E-state index < -0.39 is 0 Å². The van der Waals surface area contributed by atoms with E-state index in [9.17, 15) is 0 Å². The van der Waals surface area contributed by atoms with Crippen LogP contribution in [0.4, 0.5) is 34.1 Å². The Balaban J connectivity index is 0.000000386. The molecule has 0 spiro atoms. The third kappa shape index (κ3) is 37.3. The summed E-state index contributed by atoms with van der Waals surface area (Å²) in [6.45, 7) is 66.6. The molecule has 0 saturated heterocycles. The van der Waals surface area contributed by atoms with E-state index in [2.05, 4.69) is 365 Å². The smallest absolute Gasteiger partial charge is 0.0267 e. The molecule has 6 aromatic carbocycles. The Morgan fingerprint density at radius 3 is 0.479 bits per heavy atom. The van der Waals surface area contributed by atoms with Gasteiger partial charge in [-0.15, -0.1) is 20.0 Å². The van der Waals surface area contributed by atoms with Crippen LogP contribution in [0.15, 0.2) is 224 Å². The van der Waals surface area contributed by atoms with Crippen LogP contribution in [-0.2, 0) is 47.8 Å². The monoisotopic (exact) mass is 2360 g/mol. The van der Waals surface area contributed by atoms with Gasteiger partial charge in [-0.05, 0) is 367 Å². The van der Waals surface area contributed by atoms with Crippen molar-refractivity contribution in [1.29, 1.82) is 0 Å². The maximum absolute atomic E-state index is 7.23. The van der Waals surface area contributed by atoms with E-state index in [1.807, 2.05) is 68.4 Å². The largest absolute Gasteiger partial charge is 0.265 e. The fraction of sp³-hybridized carbons (Fsp3) is 0.508. The summed E-state index contributed by atoms with van der Waals surface area (Å²) >= 11 is 14.2. The summed E-state index contributed by atoms with van der Waals surface area (Å²) in [7, 11) is 28.9. The van der Waals surface area contributed by atoms with Crippen LogP contribution >= 0.6 is 80.4 Å². The normalized spacial score (nSPS) is 12.8. The van der Waals surface area contributed by atoms with Gasteiger partial charge >= 0.3 is 105 Å². The van der Waals surface area contributed by atoms with Crippen molar-refractivity contribution in [2.75, 3.05) is 29.4 Å². The fourth-order valence-electron chi connectivity index (χ4n) is 21.1. The van der Waals surface area contributed by atoms with Crippen molar-refractivity contribution in [2.24, 2.45) is 0 Å². The molecule has 12 rings (SSSR count). The minimum absolute atomic E-state index is 0.106. The van der Waals surface area contributed by atoms with Crippen LogP contribution < -0.4 is 29.4 Å². The average Bonchev–Trinajstić information content (AvgIpc) is 1.59. The Morgan fingerprint density at radius 1 is 0.211 bits per heavy atom. The third-order valence-corrected chi connectivity index (χ3v) is 30.3. The molecule has 3 aromatic heterocycles. The first kappa shape index (κ1) is 129. The summed E-state index contributed by atoms with van der Waals surface area (Å²) in [6, 6.07) is 59.4. The first-order chi connectivity index (χ1) is 68.9. The molecule has 9 nitrogen and oxygen atoms in total. The van der Waals surface area contributed by atoms with E-state index in [1.165, 1.54) is 204 Å². The molecule has 0 atom stereocenters. The summed E-state index contributed by atoms with van der Waals surface area (Å²) in [4.78, 5) is 25.9. The van der Waals surface area contributed by atoms with Gasteiger partial charge in [-0.2, -0.15) is 0 Å². The minimum atomic E-state index is -0.106. The fourth-order valence-corrected chi connectivity index (χ4v) is 21.5. The number of aryl methyl sites for hydroxylation is 2. The van der Waals surface area contributed by atoms with Gasteiger partial charge in [0.05, 0.1) is 0 Å². The first-order valence-corrected chi connectivity index (χ1v) is 66.2. The van der Waals surface area contributed by atoms with Crippen LogP contribution in [-0.4, -0.2) is 15.0 Å². The van der Waals surface area contributed by atoms with Gasteiger partial charge in [-0.25, -0.2) is 0 Å². The number of nitrogens with zero attached hydrogens (tertiary/aromatic N) is 9. The van der Waals surface area contributed by atoms with Gasteiger partial charge in [0.15, 0.2) is 0 Å². The molecular weight excluding hydrogens is 2190 g/mol. The van der Waals surface area contributed by atoms with Gasteiger partial charge in [0.1, 0.15) is 10.3 Å². The number of rotatable bonds is 42. The van der Waals surface area contributed by atoms with E-state index >= 15 is 0 Å². The Morgan fingerprint density at radius 2 is 0.366 bits per heavy atom. The van der Waals surface area contributed by atoms with Crippen LogP contribution in [0.3, 0.4) is 0 Å². The van der Waals surface area contributed by atoms with Crippen LogP contribution in [0.1, 0.15) is 469 Å². The van der Waals surface area contributed by atoms with Crippen molar-refractivity contribution in [2.45, 2.75) is 405 Å². The second kappa shape index (κ2) is 74.1. The molecule has 0 amide bonds. The molecule has 3 aliphatic heterocycles. The molecule has 0 radical (unpaired) electrons. The van der Waals surface area contributed by atoms with Crippen LogP contribution in [0, 0.1) is 33.9 Å². The second-order valence-electron chi connectivity index (χ2n) is 36.9. The predicted octanol–water partition coefficient (Wildman–Crippen LogP) is 42.8. The average molecular weight is 2370 g/mol. The van der Waals surface area contributed by atoms with Crippen molar-refractivity contribution in [1.82, 2.24) is 15.0 Å². The maximum Gasteiger partial charge on any atom is 0.0267 e. The summed E-state index contributed by atoms with van der Waals surface area (Å²) < 4.78 is 0. The topological polar surface area (TPSA) is 58.1 Å². The number of para-hydroxylation sites is 6. The second-order valence-corrected chi connectivity index (χ2v) is 44.7. The number of aromatic nitrogens is 3. The van der Waals surface area contributed by atoms with Gasteiger partial charge in [-0.1, -0.05) is 317 Å². The number of benzene rings is 6. The maximum atomic E-state index is 7.23. The Kier molecular flexibility index (Phi) is 67.5. The van der Waals surface area contributed by atoms with Crippen molar-refractivity contribution < 1.29 is 47.8 Å². The van der Waals surface area contributed by atoms with Gasteiger partial charge in [0, 0.05) is 70.3 Å². The molecule has 0 saturated carbocycles. The van der Waals surface area contributed by atoms with Gasteiger partial charge in [0.25, 0.3) is 0 Å². The van der Waals surface area contributed by atoms with E-state index in [0.29, 0.717) is 81.3 Å². The zero-order valence-corrected chi connectivity index (χ0v) is 102. The van der Waals surface area contributed by atoms with Crippen molar-refractivity contribution >= 4 is 115 Å². The quantitative estimate of drug-likeness (QED) is 0.0212. The number of hydrogen-bond donors (Lipinski definition) is 0. The van der Waals surface area contributed by atoms with Crippen molar-refractivity contribution in [3.63, 3.8) is 0 Å². The van der Waals surface area contributed by atoms with E-state index in [-0.39, 0.29) is 47.8 Å². The van der Waals surface area contributed by atoms with E-state index in [1.54, 1.807) is 24.8 Å². The molecule has 142 heavy (non-hydrogen) atoms. The number of halogens is 8. The summed E-state index contributed by atoms with van der Waals surface area (Å²) in [5, 5.41) is 1.19. The van der Waals surface area contributed by atoms with E-state index in [0.717, 1.165) is 62.8 Å². The molecule has 9 aromatic rings. The number of pyridine rings is 3. The number of anilines is 6. The Bertz CT molecular complexity index is 4270. The molecule has 0 unspecified atom stereocenters. The van der Waals surface area contributed by atoms with Crippen molar-refractivity contribution in [3.8, 4) is 0 Å². The van der Waals surface area contributed by atoms with Crippen molar-refractivity contribution in [3.05, 3.63) is 322 Å². The number of hydrogen-bond acceptors (Lipinski definition) is 9. The Hall–Kier alpha value is -4.90. The Labute approximate surface area is 924 Å². The first-order valence-electron chi connectivity index (χ1n) is 53.5. The summed E-state index contributed by atoms with van der Waals surface area (Å²) in [5.74, 6) is 6.52. The molecule has 0 aliphatic carbocycles. The predicted molar refractivity (Wildman–Crippen MR) is 621 cm³/mol. The van der Waals surface area contributed by atoms with E-state index in [4.69, 9.17) is 80.4 Å². The molecule has 6 heterocycles. The van der Waals surface area contributed by atoms with Crippen LogP contribution in [0.25, 0.3) is 0 Å². The van der Waals surface area contributed by atoms with Crippen LogP contribution in [0.5, 0.6) is 0 Å². The molecule has 3 aliphatic rings. The molecule has 20 heteroatoms. The summed E-state index contributed by atoms with van der Waals surface area (Å²) in [6.07, 6.45) is 43.9. The molecular formula is C122H176Cl8N9Pd3-3. The zero-order valence-electron chi connectivity index (χ0n) is 90.8. The van der Waals surface area contributed by atoms with Crippen LogP contribution in [0.2, 0.25) is 0 Å². The standard InChI is InChI=1S/C35H51Cl2N2.2C35H53N2.2C6H7N.C5H5N.6ClH.3Pd/c1-9-24(10-2)28-19-17-20-29(25(11-3)12-4)32(28)38-23-39(35(37)34(38)36)33-30(26(13-5)14-6)21-18-22-31(33)27(15-7)16-8;2*1-9-26(10-2)30-19-17-20-31(27(11-3)12-4)34(30)36-23-24-37(25-36)35-32(28(13-5)14-6)21-18-22-33(35)29(15-7)16-8;2*1-6-4-2-3-5-7-6;1-2-4-6-5-3-1;;;;;;;;;/h17-27H,9-16H2,1-8H3;2*17-29H,9-16H2,1-8H3;2*2-5H,1H3;1-5H;6*1H;;;/q3*-1;;;;;;;;;;3*+2/p-6. The minimum Gasteiger partial charge on any atom is -0.265 e. The van der Waals surface area contributed by atoms with Gasteiger partial charge in [0.2, 0.25) is 0 Å². The summed E-state index contributed by atoms with van der Waals surface area (Å²) in [5.41, 5.74) is 27.8. The zero-order chi connectivity index (χ0) is 105. The third-order valence-electron chi connectivity index (χ3n) is 29.5. The SMILES string of the molecule is CCC(CC)c1cccc(C(CC)CC)c1N1C=CN(c2c(C(CC)CC)cccc2C(CC)CC)[CH-]1.CCC(CC)c1cccc(C(CC)CC)c1N1C=CN(c2c(C(CC)CC)cccc2C(CC)CC)[CH-]1.CCC(CC)c1cccc(C(CC)CC)c1N1[CH-]N(c2c(C(CC)CC)cccc2C(CC)CC)C(Cl)=C1Cl.Cc1ccccn1.Cc1ccccn1.[Cl][Pd][Cl].[Cl][Pd][Cl].[Cl][Pd][Cl].c1ccncc1. The van der Waals surface area contributed by atoms with Gasteiger partial charge < -0.3 is 29.4 Å². The molecule has 0 fully saturated rings. The molecule has 0 N–H and O–H groups in total.